The lowest BCUT2D eigenvalue weighted by atomic mass is 9.79. The van der Waals surface area contributed by atoms with Crippen molar-refractivity contribution in [2.45, 2.75) is 65.2 Å². The Morgan fingerprint density at radius 1 is 1.29 bits per heavy atom. The van der Waals surface area contributed by atoms with Gasteiger partial charge in [-0.3, -0.25) is 4.79 Å². The van der Waals surface area contributed by atoms with Gasteiger partial charge in [0, 0.05) is 5.56 Å². The lowest BCUT2D eigenvalue weighted by Gasteiger charge is -2.28. The van der Waals surface area contributed by atoms with E-state index in [0.29, 0.717) is 0 Å². The second kappa shape index (κ2) is 7.48. The number of hydrogen-bond acceptors (Lipinski definition) is 2. The van der Waals surface area contributed by atoms with Crippen molar-refractivity contribution in [3.63, 3.8) is 0 Å². The average molecular weight is 292 g/mol. The van der Waals surface area contributed by atoms with Gasteiger partial charge in [0.2, 0.25) is 0 Å². The molecule has 3 heteroatoms. The van der Waals surface area contributed by atoms with Gasteiger partial charge in [-0.25, -0.2) is 0 Å². The van der Waals surface area contributed by atoms with Crippen molar-refractivity contribution in [2.75, 3.05) is 7.11 Å². The molecule has 1 rings (SSSR count). The SMILES string of the molecule is CCCCc1cc(CC(=O)O)cc(C(C)(C)CC)c1OC. The number of carboxylic acids is 1. The highest BCUT2D eigenvalue weighted by Crippen LogP contribution is 2.38. The van der Waals surface area contributed by atoms with Crippen molar-refractivity contribution in [1.29, 1.82) is 0 Å². The first-order chi connectivity index (χ1) is 9.85. The zero-order valence-electron chi connectivity index (χ0n) is 14.0. The minimum absolute atomic E-state index is 0.0270. The predicted molar refractivity (Wildman–Crippen MR) is 86.3 cm³/mol. The number of carboxylic acid groups (broad SMARTS) is 1. The predicted octanol–water partition coefficient (Wildman–Crippen LogP) is 4.35. The number of rotatable bonds is 8. The van der Waals surface area contributed by atoms with E-state index in [1.807, 2.05) is 12.1 Å². The van der Waals surface area contributed by atoms with Crippen LogP contribution in [0, 0.1) is 0 Å². The largest absolute Gasteiger partial charge is 0.496 e. The number of benzene rings is 1. The van der Waals surface area contributed by atoms with Gasteiger partial charge in [0.1, 0.15) is 5.75 Å². The summed E-state index contributed by atoms with van der Waals surface area (Å²) in [5, 5.41) is 9.08. The number of aryl methyl sites for hydroxylation is 1. The third-order valence-corrected chi connectivity index (χ3v) is 4.20. The standard InChI is InChI=1S/C18H28O3/c1-6-8-9-14-10-13(12-16(19)20)11-15(17(14)21-5)18(3,4)7-2/h10-11H,6-9,12H2,1-5H3,(H,19,20). The molecule has 0 fully saturated rings. The topological polar surface area (TPSA) is 46.5 Å². The zero-order chi connectivity index (χ0) is 16.0. The van der Waals surface area contributed by atoms with E-state index in [1.165, 1.54) is 0 Å². The van der Waals surface area contributed by atoms with Crippen LogP contribution in [0.1, 0.15) is 63.6 Å². The van der Waals surface area contributed by atoms with Gasteiger partial charge in [-0.2, -0.15) is 0 Å². The normalized spacial score (nSPS) is 11.5. The van der Waals surface area contributed by atoms with E-state index in [-0.39, 0.29) is 11.8 Å². The minimum Gasteiger partial charge on any atom is -0.496 e. The Morgan fingerprint density at radius 3 is 2.43 bits per heavy atom. The fraction of sp³-hybridized carbons (Fsp3) is 0.611. The second-order valence-electron chi connectivity index (χ2n) is 6.25. The van der Waals surface area contributed by atoms with E-state index in [0.717, 1.165) is 48.1 Å². The van der Waals surface area contributed by atoms with Gasteiger partial charge in [0.25, 0.3) is 0 Å². The fourth-order valence-corrected chi connectivity index (χ4v) is 2.52. The molecule has 118 valence electrons. The molecule has 0 atom stereocenters. The van der Waals surface area contributed by atoms with Gasteiger partial charge >= 0.3 is 5.97 Å². The number of unbranched alkanes of at least 4 members (excludes halogenated alkanes) is 1. The summed E-state index contributed by atoms with van der Waals surface area (Å²) in [6, 6.07) is 4.00. The molecule has 0 aliphatic rings. The van der Waals surface area contributed by atoms with Crippen LogP contribution in [-0.2, 0) is 23.1 Å². The summed E-state index contributed by atoms with van der Waals surface area (Å²) >= 11 is 0. The monoisotopic (exact) mass is 292 g/mol. The first kappa shape index (κ1) is 17.5. The van der Waals surface area contributed by atoms with Gasteiger partial charge in [0.15, 0.2) is 0 Å². The molecule has 1 aromatic carbocycles. The van der Waals surface area contributed by atoms with Crippen LogP contribution in [0.4, 0.5) is 0 Å². The molecular weight excluding hydrogens is 264 g/mol. The highest BCUT2D eigenvalue weighted by atomic mass is 16.5. The summed E-state index contributed by atoms with van der Waals surface area (Å²) in [4.78, 5) is 11.0. The summed E-state index contributed by atoms with van der Waals surface area (Å²) in [7, 11) is 1.71. The van der Waals surface area contributed by atoms with Crippen LogP contribution >= 0.6 is 0 Å². The molecule has 0 heterocycles. The Bertz CT molecular complexity index is 489. The summed E-state index contributed by atoms with van der Waals surface area (Å²) in [5.41, 5.74) is 3.10. The van der Waals surface area contributed by atoms with E-state index >= 15 is 0 Å². The fourth-order valence-electron chi connectivity index (χ4n) is 2.52. The number of hydrogen-bond donors (Lipinski definition) is 1. The molecule has 0 unspecified atom stereocenters. The summed E-state index contributed by atoms with van der Waals surface area (Å²) in [5.74, 6) is 0.145. The van der Waals surface area contributed by atoms with Crippen LogP contribution in [0.15, 0.2) is 12.1 Å². The van der Waals surface area contributed by atoms with Crippen molar-refractivity contribution in [1.82, 2.24) is 0 Å². The van der Waals surface area contributed by atoms with Gasteiger partial charge in [-0.15, -0.1) is 0 Å². The highest BCUT2D eigenvalue weighted by Gasteiger charge is 2.25. The Kier molecular flexibility index (Phi) is 6.25. The van der Waals surface area contributed by atoms with E-state index in [2.05, 4.69) is 27.7 Å². The molecule has 0 bridgehead atoms. The van der Waals surface area contributed by atoms with Crippen molar-refractivity contribution in [3.05, 3.63) is 28.8 Å². The van der Waals surface area contributed by atoms with E-state index in [4.69, 9.17) is 9.84 Å². The molecule has 0 aromatic heterocycles. The average Bonchev–Trinajstić information content (AvgIpc) is 2.43. The molecule has 21 heavy (non-hydrogen) atoms. The van der Waals surface area contributed by atoms with E-state index < -0.39 is 5.97 Å². The van der Waals surface area contributed by atoms with Crippen LogP contribution in [-0.4, -0.2) is 18.2 Å². The number of aliphatic carboxylic acids is 1. The number of ether oxygens (including phenoxy) is 1. The first-order valence-corrected chi connectivity index (χ1v) is 7.77. The second-order valence-corrected chi connectivity index (χ2v) is 6.25. The molecule has 1 aromatic rings. The van der Waals surface area contributed by atoms with Crippen LogP contribution in [0.5, 0.6) is 5.75 Å². The minimum atomic E-state index is -0.790. The van der Waals surface area contributed by atoms with Gasteiger partial charge < -0.3 is 9.84 Å². The van der Waals surface area contributed by atoms with Gasteiger partial charge in [-0.1, -0.05) is 46.2 Å². The number of methoxy groups -OCH3 is 1. The molecule has 0 aliphatic carbocycles. The quantitative estimate of drug-likeness (QED) is 0.774. The Morgan fingerprint density at radius 2 is 1.95 bits per heavy atom. The smallest absolute Gasteiger partial charge is 0.307 e. The molecular formula is C18H28O3. The van der Waals surface area contributed by atoms with Crippen molar-refractivity contribution >= 4 is 5.97 Å². The van der Waals surface area contributed by atoms with E-state index in [9.17, 15) is 4.79 Å². The molecule has 0 aliphatic heterocycles. The maximum absolute atomic E-state index is 11.0. The third-order valence-electron chi connectivity index (χ3n) is 4.20. The number of carbonyl (C=O) groups is 1. The summed E-state index contributed by atoms with van der Waals surface area (Å²) in [6.07, 6.45) is 4.17. The zero-order valence-corrected chi connectivity index (χ0v) is 14.0. The maximum atomic E-state index is 11.0. The molecule has 0 amide bonds. The van der Waals surface area contributed by atoms with Crippen molar-refractivity contribution < 1.29 is 14.6 Å². The lowest BCUT2D eigenvalue weighted by molar-refractivity contribution is -0.136. The Labute approximate surface area is 128 Å². The summed E-state index contributed by atoms with van der Waals surface area (Å²) < 4.78 is 5.67. The Hall–Kier alpha value is -1.51. The maximum Gasteiger partial charge on any atom is 0.307 e. The van der Waals surface area contributed by atoms with Gasteiger partial charge in [-0.05, 0) is 35.8 Å². The van der Waals surface area contributed by atoms with Gasteiger partial charge in [0.05, 0.1) is 13.5 Å². The summed E-state index contributed by atoms with van der Waals surface area (Å²) in [6.45, 7) is 8.66. The molecule has 0 spiro atoms. The molecule has 1 N–H and O–H groups in total. The van der Waals surface area contributed by atoms with Crippen molar-refractivity contribution in [3.8, 4) is 5.75 Å². The third kappa shape index (κ3) is 4.48. The first-order valence-electron chi connectivity index (χ1n) is 7.77. The Balaban J connectivity index is 3.39. The molecule has 0 saturated carbocycles. The van der Waals surface area contributed by atoms with Crippen LogP contribution in [0.25, 0.3) is 0 Å². The van der Waals surface area contributed by atoms with Crippen LogP contribution in [0.2, 0.25) is 0 Å². The lowest BCUT2D eigenvalue weighted by Crippen LogP contribution is -2.18. The van der Waals surface area contributed by atoms with Crippen LogP contribution < -0.4 is 4.74 Å². The molecule has 0 saturated heterocycles. The van der Waals surface area contributed by atoms with Crippen LogP contribution in [0.3, 0.4) is 0 Å². The molecule has 0 radical (unpaired) electrons. The van der Waals surface area contributed by atoms with E-state index in [1.54, 1.807) is 7.11 Å². The van der Waals surface area contributed by atoms with Crippen molar-refractivity contribution in [2.24, 2.45) is 0 Å². The highest BCUT2D eigenvalue weighted by molar-refractivity contribution is 5.70. The molecule has 3 nitrogen and oxygen atoms in total.